The van der Waals surface area contributed by atoms with Crippen LogP contribution < -0.4 is 5.32 Å². The van der Waals surface area contributed by atoms with Crippen molar-refractivity contribution in [2.75, 3.05) is 26.2 Å². The van der Waals surface area contributed by atoms with Crippen LogP contribution in [0.15, 0.2) is 12.7 Å². The van der Waals surface area contributed by atoms with Crippen molar-refractivity contribution in [3.63, 3.8) is 0 Å². The van der Waals surface area contributed by atoms with Gasteiger partial charge in [0, 0.05) is 13.1 Å². The van der Waals surface area contributed by atoms with Crippen LogP contribution in [0.3, 0.4) is 0 Å². The molecule has 0 aromatic rings. The van der Waals surface area contributed by atoms with Gasteiger partial charge < -0.3 is 15.1 Å². The van der Waals surface area contributed by atoms with Gasteiger partial charge in [-0.15, -0.1) is 0 Å². The Morgan fingerprint density at radius 2 is 2.13 bits per heavy atom. The number of hydrogen-bond acceptors (Lipinski definition) is 3. The second-order valence-corrected chi connectivity index (χ2v) is 5.19. The van der Waals surface area contributed by atoms with E-state index >= 15 is 0 Å². The number of halogens is 3. The molecule has 0 spiro atoms. The van der Waals surface area contributed by atoms with E-state index < -0.39 is 36.5 Å². The fourth-order valence-corrected chi connectivity index (χ4v) is 2.34. The Morgan fingerprint density at radius 3 is 2.65 bits per heavy atom. The monoisotopic (exact) mass is 335 g/mol. The molecule has 1 heterocycles. The lowest BCUT2D eigenvalue weighted by atomic mass is 10.0. The molecule has 1 atom stereocenters. The van der Waals surface area contributed by atoms with E-state index in [2.05, 4.69) is 11.9 Å². The Morgan fingerprint density at radius 1 is 1.48 bits per heavy atom. The number of rotatable bonds is 6. The van der Waals surface area contributed by atoms with E-state index in [1.807, 2.05) is 0 Å². The van der Waals surface area contributed by atoms with E-state index in [1.54, 1.807) is 6.92 Å². The minimum absolute atomic E-state index is 0.0146. The van der Waals surface area contributed by atoms with Crippen molar-refractivity contribution < 1.29 is 27.6 Å². The highest BCUT2D eigenvalue weighted by Gasteiger charge is 2.37. The Bertz CT molecular complexity index is 480. The van der Waals surface area contributed by atoms with E-state index in [0.29, 0.717) is 11.3 Å². The average molecular weight is 335 g/mol. The Labute approximate surface area is 132 Å². The molecule has 1 rings (SSSR count). The first-order valence-electron chi connectivity index (χ1n) is 7.24. The quantitative estimate of drug-likeness (QED) is 0.726. The highest BCUT2D eigenvalue weighted by Crippen LogP contribution is 2.20. The maximum absolute atomic E-state index is 12.4. The summed E-state index contributed by atoms with van der Waals surface area (Å²) in [5, 5.41) is 2.40. The molecule has 6 nitrogen and oxygen atoms in total. The molecule has 1 aliphatic rings. The molecule has 3 amide bonds. The minimum atomic E-state index is -4.48. The first-order chi connectivity index (χ1) is 10.7. The van der Waals surface area contributed by atoms with Crippen LogP contribution in [0, 0.1) is 0 Å². The maximum atomic E-state index is 12.4. The topological polar surface area (TPSA) is 69.7 Å². The Balaban J connectivity index is 2.61. The first-order valence-corrected chi connectivity index (χ1v) is 7.24. The standard InChI is InChI=1S/C14H20F3N3O3/c1-3-12(22)19(4-2)8-11(21)18-10-6-5-7-20(13(10)23)9-14(15,16)17/h3,10H,1,4-9H2,2H3,(H,18,21). The van der Waals surface area contributed by atoms with Crippen LogP contribution in [-0.4, -0.2) is 65.9 Å². The van der Waals surface area contributed by atoms with Gasteiger partial charge in [0.2, 0.25) is 17.7 Å². The second-order valence-electron chi connectivity index (χ2n) is 5.19. The number of nitrogens with zero attached hydrogens (tertiary/aromatic N) is 2. The number of likely N-dealkylation sites (tertiary alicyclic amines) is 1. The van der Waals surface area contributed by atoms with Crippen molar-refractivity contribution in [3.8, 4) is 0 Å². The summed E-state index contributed by atoms with van der Waals surface area (Å²) in [6.45, 7) is 3.68. The third-order valence-corrected chi connectivity index (χ3v) is 3.44. The van der Waals surface area contributed by atoms with E-state index in [0.717, 1.165) is 6.08 Å². The largest absolute Gasteiger partial charge is 0.406 e. The maximum Gasteiger partial charge on any atom is 0.406 e. The Hall–Kier alpha value is -2.06. The summed E-state index contributed by atoms with van der Waals surface area (Å²) in [6, 6.07) is -0.990. The molecule has 0 bridgehead atoms. The van der Waals surface area contributed by atoms with Gasteiger partial charge in [0.05, 0.1) is 6.54 Å². The van der Waals surface area contributed by atoms with Crippen LogP contribution in [0.5, 0.6) is 0 Å². The third-order valence-electron chi connectivity index (χ3n) is 3.44. The summed E-state index contributed by atoms with van der Waals surface area (Å²) >= 11 is 0. The number of piperidine rings is 1. The highest BCUT2D eigenvalue weighted by atomic mass is 19.4. The van der Waals surface area contributed by atoms with Gasteiger partial charge in [0.15, 0.2) is 0 Å². The molecule has 1 aliphatic heterocycles. The molecule has 0 radical (unpaired) electrons. The number of carbonyl (C=O) groups is 3. The second kappa shape index (κ2) is 7.98. The summed E-state index contributed by atoms with van der Waals surface area (Å²) < 4.78 is 37.2. The fraction of sp³-hybridized carbons (Fsp3) is 0.643. The number of alkyl halides is 3. The number of hydrogen-bond donors (Lipinski definition) is 1. The molecular formula is C14H20F3N3O3. The third kappa shape index (κ3) is 5.91. The number of amides is 3. The summed E-state index contributed by atoms with van der Waals surface area (Å²) in [7, 11) is 0. The number of carbonyl (C=O) groups excluding carboxylic acids is 3. The van der Waals surface area contributed by atoms with Crippen LogP contribution in [0.2, 0.25) is 0 Å². The van der Waals surface area contributed by atoms with Crippen molar-refractivity contribution in [3.05, 3.63) is 12.7 Å². The van der Waals surface area contributed by atoms with Gasteiger partial charge in [-0.25, -0.2) is 0 Å². The number of likely N-dealkylation sites (N-methyl/N-ethyl adjacent to an activating group) is 1. The van der Waals surface area contributed by atoms with Gasteiger partial charge >= 0.3 is 6.18 Å². The van der Waals surface area contributed by atoms with E-state index in [-0.39, 0.29) is 26.1 Å². The van der Waals surface area contributed by atoms with E-state index in [1.165, 1.54) is 4.90 Å². The molecule has 1 saturated heterocycles. The predicted octanol–water partition coefficient (Wildman–Crippen LogP) is 0.690. The van der Waals surface area contributed by atoms with E-state index in [4.69, 9.17) is 0 Å². The summed E-state index contributed by atoms with van der Waals surface area (Å²) in [5.41, 5.74) is 0. The summed E-state index contributed by atoms with van der Waals surface area (Å²) in [5.74, 6) is -1.77. The average Bonchev–Trinajstić information content (AvgIpc) is 2.46. The summed E-state index contributed by atoms with van der Waals surface area (Å²) in [4.78, 5) is 37.3. The van der Waals surface area contributed by atoms with Gasteiger partial charge in [-0.1, -0.05) is 6.58 Å². The normalized spacial score (nSPS) is 18.5. The molecule has 0 aromatic carbocycles. The zero-order valence-corrected chi connectivity index (χ0v) is 12.9. The molecule has 23 heavy (non-hydrogen) atoms. The lowest BCUT2D eigenvalue weighted by Gasteiger charge is -2.33. The molecular weight excluding hydrogens is 315 g/mol. The summed E-state index contributed by atoms with van der Waals surface area (Å²) in [6.07, 6.45) is -2.76. The molecule has 9 heteroatoms. The van der Waals surface area contributed by atoms with E-state index in [9.17, 15) is 27.6 Å². The minimum Gasteiger partial charge on any atom is -0.343 e. The zero-order chi connectivity index (χ0) is 17.6. The molecule has 130 valence electrons. The predicted molar refractivity (Wildman–Crippen MR) is 76.3 cm³/mol. The first kappa shape index (κ1) is 19.0. The van der Waals surface area contributed by atoms with Crippen molar-refractivity contribution in [2.45, 2.75) is 32.0 Å². The zero-order valence-electron chi connectivity index (χ0n) is 12.9. The van der Waals surface area contributed by atoms with Crippen molar-refractivity contribution in [1.82, 2.24) is 15.1 Å². The highest BCUT2D eigenvalue weighted by molar-refractivity contribution is 5.93. The molecule has 1 unspecified atom stereocenters. The van der Waals surface area contributed by atoms with Gasteiger partial charge in [-0.3, -0.25) is 14.4 Å². The molecule has 1 N–H and O–H groups in total. The van der Waals surface area contributed by atoms with Crippen molar-refractivity contribution in [2.24, 2.45) is 0 Å². The number of nitrogens with one attached hydrogen (secondary N) is 1. The molecule has 0 aliphatic carbocycles. The lowest BCUT2D eigenvalue weighted by Crippen LogP contribution is -2.55. The van der Waals surface area contributed by atoms with Gasteiger partial charge in [-0.05, 0) is 25.8 Å². The SMILES string of the molecule is C=CC(=O)N(CC)CC(=O)NC1CCCN(CC(F)(F)F)C1=O. The van der Waals surface area contributed by atoms with Crippen LogP contribution in [-0.2, 0) is 14.4 Å². The van der Waals surface area contributed by atoms with Crippen LogP contribution in [0.25, 0.3) is 0 Å². The van der Waals surface area contributed by atoms with Crippen LogP contribution in [0.4, 0.5) is 13.2 Å². The van der Waals surface area contributed by atoms with Crippen molar-refractivity contribution >= 4 is 17.7 Å². The fourth-order valence-electron chi connectivity index (χ4n) is 2.34. The van der Waals surface area contributed by atoms with Gasteiger partial charge in [0.1, 0.15) is 12.6 Å². The van der Waals surface area contributed by atoms with Crippen LogP contribution >= 0.6 is 0 Å². The van der Waals surface area contributed by atoms with Crippen molar-refractivity contribution in [1.29, 1.82) is 0 Å². The lowest BCUT2D eigenvalue weighted by molar-refractivity contribution is -0.165. The van der Waals surface area contributed by atoms with Crippen LogP contribution in [0.1, 0.15) is 19.8 Å². The Kier molecular flexibility index (Phi) is 6.59. The van der Waals surface area contributed by atoms with Gasteiger partial charge in [-0.2, -0.15) is 13.2 Å². The smallest absolute Gasteiger partial charge is 0.343 e. The molecule has 0 aromatic heterocycles. The molecule has 1 fully saturated rings. The molecule has 0 saturated carbocycles. The van der Waals surface area contributed by atoms with Gasteiger partial charge in [0.25, 0.3) is 0 Å².